The Hall–Kier alpha value is -1.89. The van der Waals surface area contributed by atoms with Crippen LogP contribution in [0.3, 0.4) is 0 Å². The van der Waals surface area contributed by atoms with E-state index in [-0.39, 0.29) is 6.54 Å². The Labute approximate surface area is 200 Å². The molecule has 0 rings (SSSR count). The number of hydrogen-bond donors (Lipinski definition) is 3. The Morgan fingerprint density at radius 1 is 0.545 bits per heavy atom. The van der Waals surface area contributed by atoms with Gasteiger partial charge in [0.2, 0.25) is 0 Å². The van der Waals surface area contributed by atoms with E-state index in [0.29, 0.717) is 6.42 Å². The van der Waals surface area contributed by atoms with E-state index in [1.165, 1.54) is 77.0 Å². The van der Waals surface area contributed by atoms with Crippen molar-refractivity contribution in [2.45, 2.75) is 110 Å². The molecule has 0 radical (unpaired) electrons. The van der Waals surface area contributed by atoms with Gasteiger partial charge in [-0.25, -0.2) is 14.4 Å². The van der Waals surface area contributed by atoms with Gasteiger partial charge in [0, 0.05) is 0 Å². The summed E-state index contributed by atoms with van der Waals surface area (Å²) < 4.78 is -0.436. The van der Waals surface area contributed by atoms with Crippen LogP contribution in [0.2, 0.25) is 0 Å². The molecule has 0 aromatic rings. The van der Waals surface area contributed by atoms with Crippen molar-refractivity contribution in [2.24, 2.45) is 0 Å². The molecule has 0 unspecified atom stereocenters. The highest BCUT2D eigenvalue weighted by Crippen LogP contribution is 2.15. The fraction of sp³-hybridized carbons (Fsp3) is 0.808. The highest BCUT2D eigenvalue weighted by molar-refractivity contribution is 5.73. The van der Waals surface area contributed by atoms with E-state index in [0.717, 1.165) is 19.3 Å². The van der Waals surface area contributed by atoms with Crippen molar-refractivity contribution in [3.05, 3.63) is 12.2 Å². The van der Waals surface area contributed by atoms with Gasteiger partial charge in [-0.3, -0.25) is 4.48 Å². The van der Waals surface area contributed by atoms with Crippen molar-refractivity contribution < 1.29 is 34.2 Å². The number of carboxylic acids is 3. The van der Waals surface area contributed by atoms with Crippen LogP contribution in [0.15, 0.2) is 12.2 Å². The van der Waals surface area contributed by atoms with Gasteiger partial charge in [0.25, 0.3) is 0 Å². The summed E-state index contributed by atoms with van der Waals surface area (Å²) in [4.78, 5) is 33.5. The molecule has 33 heavy (non-hydrogen) atoms. The first kappa shape index (κ1) is 31.1. The molecule has 192 valence electrons. The van der Waals surface area contributed by atoms with Gasteiger partial charge < -0.3 is 15.3 Å². The smallest absolute Gasteiger partial charge is 0.359 e. The SMILES string of the molecule is CCCCC/C=C/CCCCCCCCCCCCC[N+](CC(=O)O)(CC(=O)O)CC(=O)O. The lowest BCUT2D eigenvalue weighted by Gasteiger charge is -2.34. The maximum absolute atomic E-state index is 11.2. The predicted octanol–water partition coefficient (Wildman–Crippen LogP) is 5.87. The summed E-state index contributed by atoms with van der Waals surface area (Å²) in [6, 6.07) is 0. The van der Waals surface area contributed by atoms with Gasteiger partial charge in [-0.05, 0) is 38.5 Å². The van der Waals surface area contributed by atoms with Gasteiger partial charge >= 0.3 is 17.9 Å². The molecule has 0 aromatic carbocycles. The number of nitrogens with zero attached hydrogens (tertiary/aromatic N) is 1. The molecule has 0 aliphatic heterocycles. The lowest BCUT2D eigenvalue weighted by molar-refractivity contribution is -0.907. The van der Waals surface area contributed by atoms with E-state index in [1.807, 2.05) is 0 Å². The third-order valence-corrected chi connectivity index (χ3v) is 6.06. The van der Waals surface area contributed by atoms with E-state index in [2.05, 4.69) is 19.1 Å². The van der Waals surface area contributed by atoms with Crippen molar-refractivity contribution in [1.29, 1.82) is 0 Å². The highest BCUT2D eigenvalue weighted by atomic mass is 16.4. The van der Waals surface area contributed by atoms with Crippen LogP contribution < -0.4 is 0 Å². The molecule has 0 atom stereocenters. The van der Waals surface area contributed by atoms with Gasteiger partial charge in [0.05, 0.1) is 6.54 Å². The third kappa shape index (κ3) is 20.4. The van der Waals surface area contributed by atoms with Crippen LogP contribution in [-0.2, 0) is 14.4 Å². The van der Waals surface area contributed by atoms with Gasteiger partial charge in [-0.15, -0.1) is 0 Å². The molecule has 0 saturated heterocycles. The summed E-state index contributed by atoms with van der Waals surface area (Å²) in [6.45, 7) is 1.06. The molecule has 0 saturated carbocycles. The summed E-state index contributed by atoms with van der Waals surface area (Å²) in [7, 11) is 0. The second kappa shape index (κ2) is 20.7. The zero-order valence-electron chi connectivity index (χ0n) is 20.8. The average Bonchev–Trinajstić information content (AvgIpc) is 2.71. The Balaban J connectivity index is 3.78. The minimum absolute atomic E-state index is 0.263. The highest BCUT2D eigenvalue weighted by Gasteiger charge is 2.35. The molecule has 0 aliphatic rings. The average molecular weight is 471 g/mol. The number of carboxylic acid groups (broad SMARTS) is 3. The maximum Gasteiger partial charge on any atom is 0.359 e. The largest absolute Gasteiger partial charge is 0.477 e. The number of allylic oxidation sites excluding steroid dienone is 2. The fourth-order valence-corrected chi connectivity index (χ4v) is 4.31. The van der Waals surface area contributed by atoms with E-state index in [4.69, 9.17) is 15.3 Å². The van der Waals surface area contributed by atoms with Crippen LogP contribution in [0.25, 0.3) is 0 Å². The van der Waals surface area contributed by atoms with Crippen LogP contribution in [0.4, 0.5) is 0 Å². The standard InChI is InChI=1S/C26H47NO6/c1-2-3-4-5-6-7-8-9-10-11-12-13-14-15-16-17-18-19-20-27(21-24(28)29,22-25(30)31)23-26(32)33/h6-7H,2-5,8-23H2,1H3,(H2-,28,29,30,31,32,33)/p+1/b7-6+. The summed E-state index contributed by atoms with van der Waals surface area (Å²) in [5.74, 6) is -3.51. The number of aliphatic carboxylic acids is 3. The monoisotopic (exact) mass is 470 g/mol. The minimum atomic E-state index is -1.17. The molecule has 0 spiro atoms. The Kier molecular flexibility index (Phi) is 19.5. The number of rotatable bonds is 24. The fourth-order valence-electron chi connectivity index (χ4n) is 4.31. The van der Waals surface area contributed by atoms with Crippen molar-refractivity contribution >= 4 is 17.9 Å². The number of quaternary nitrogens is 1. The van der Waals surface area contributed by atoms with Crippen molar-refractivity contribution in [3.8, 4) is 0 Å². The topological polar surface area (TPSA) is 112 Å². The molecule has 0 bridgehead atoms. The van der Waals surface area contributed by atoms with E-state index in [1.54, 1.807) is 0 Å². The van der Waals surface area contributed by atoms with E-state index in [9.17, 15) is 14.4 Å². The Morgan fingerprint density at radius 3 is 1.24 bits per heavy atom. The Morgan fingerprint density at radius 2 is 0.879 bits per heavy atom. The van der Waals surface area contributed by atoms with Crippen molar-refractivity contribution in [3.63, 3.8) is 0 Å². The van der Waals surface area contributed by atoms with Crippen LogP contribution >= 0.6 is 0 Å². The lowest BCUT2D eigenvalue weighted by atomic mass is 10.0. The molecule has 3 N–H and O–H groups in total. The first-order valence-corrected chi connectivity index (χ1v) is 13.0. The second-order valence-electron chi connectivity index (χ2n) is 9.37. The van der Waals surface area contributed by atoms with Crippen LogP contribution in [0.1, 0.15) is 110 Å². The van der Waals surface area contributed by atoms with Gasteiger partial charge in [0.1, 0.15) is 0 Å². The summed E-state index contributed by atoms with van der Waals surface area (Å²) in [5, 5.41) is 27.4. The quantitative estimate of drug-likeness (QED) is 0.0923. The van der Waals surface area contributed by atoms with Gasteiger partial charge in [-0.2, -0.15) is 0 Å². The summed E-state index contributed by atoms with van der Waals surface area (Å²) >= 11 is 0. The molecule has 0 aliphatic carbocycles. The summed E-state index contributed by atoms with van der Waals surface area (Å²) in [6.07, 6.45) is 23.5. The van der Waals surface area contributed by atoms with Gasteiger partial charge in [-0.1, -0.05) is 83.3 Å². The Bertz CT molecular complexity index is 520. The van der Waals surface area contributed by atoms with Crippen molar-refractivity contribution in [1.82, 2.24) is 0 Å². The molecular formula is C26H48NO6+. The molecule has 0 amide bonds. The molecule has 0 aromatic heterocycles. The first-order chi connectivity index (χ1) is 15.8. The third-order valence-electron chi connectivity index (χ3n) is 6.06. The van der Waals surface area contributed by atoms with Gasteiger partial charge in [0.15, 0.2) is 19.6 Å². The molecule has 0 heterocycles. The van der Waals surface area contributed by atoms with Crippen LogP contribution in [0, 0.1) is 0 Å². The minimum Gasteiger partial charge on any atom is -0.477 e. The molecule has 0 fully saturated rings. The van der Waals surface area contributed by atoms with Crippen LogP contribution in [-0.4, -0.2) is 63.9 Å². The zero-order valence-corrected chi connectivity index (χ0v) is 20.8. The number of unbranched alkanes of at least 4 members (excludes halogenated alkanes) is 14. The lowest BCUT2D eigenvalue weighted by Crippen LogP contribution is -2.57. The second-order valence-corrected chi connectivity index (χ2v) is 9.37. The van der Waals surface area contributed by atoms with E-state index >= 15 is 0 Å². The number of carbonyl (C=O) groups is 3. The normalized spacial score (nSPS) is 11.8. The van der Waals surface area contributed by atoms with Crippen molar-refractivity contribution in [2.75, 3.05) is 26.2 Å². The molecule has 7 heteroatoms. The summed E-state index contributed by atoms with van der Waals surface area (Å²) in [5.41, 5.74) is 0. The first-order valence-electron chi connectivity index (χ1n) is 13.0. The maximum atomic E-state index is 11.2. The zero-order chi connectivity index (χ0) is 24.8. The molecule has 7 nitrogen and oxygen atoms in total. The molecular weight excluding hydrogens is 422 g/mol. The van der Waals surface area contributed by atoms with E-state index < -0.39 is 42.0 Å². The number of hydrogen-bond acceptors (Lipinski definition) is 3. The van der Waals surface area contributed by atoms with Crippen LogP contribution in [0.5, 0.6) is 0 Å². The predicted molar refractivity (Wildman–Crippen MR) is 131 cm³/mol.